The van der Waals surface area contributed by atoms with E-state index in [1.54, 1.807) is 0 Å². The highest BCUT2D eigenvalue weighted by atomic mass is 16.2. The third-order valence-corrected chi connectivity index (χ3v) is 6.07. The Hall–Kier alpha value is -3.64. The summed E-state index contributed by atoms with van der Waals surface area (Å²) < 4.78 is 2.13. The number of nitrogens with zero attached hydrogens (tertiary/aromatic N) is 4. The van der Waals surface area contributed by atoms with Crippen molar-refractivity contribution in [2.24, 2.45) is 0 Å². The normalized spacial score (nSPS) is 14.7. The van der Waals surface area contributed by atoms with Gasteiger partial charge in [-0.2, -0.15) is 0 Å². The predicted molar refractivity (Wildman–Crippen MR) is 125 cm³/mol. The van der Waals surface area contributed by atoms with Crippen LogP contribution in [0.5, 0.6) is 0 Å². The fraction of sp³-hybridized carbons (Fsp3) is 0.231. The molecule has 0 bridgehead atoms. The van der Waals surface area contributed by atoms with Crippen LogP contribution in [0, 0.1) is 0 Å². The number of nitrogens with one attached hydrogen (secondary N) is 1. The molecule has 0 saturated carbocycles. The molecule has 2 aromatic heterocycles. The first-order valence-corrected chi connectivity index (χ1v) is 11.1. The molecule has 0 spiro atoms. The zero-order valence-corrected chi connectivity index (χ0v) is 18.0. The van der Waals surface area contributed by atoms with Crippen LogP contribution in [0.15, 0.2) is 91.3 Å². The third-order valence-electron chi connectivity index (χ3n) is 6.07. The maximum Gasteiger partial charge on any atom is 0.318 e. The van der Waals surface area contributed by atoms with E-state index in [4.69, 9.17) is 0 Å². The van der Waals surface area contributed by atoms with E-state index in [9.17, 15) is 4.79 Å². The molecule has 2 aromatic carbocycles. The van der Waals surface area contributed by atoms with Crippen molar-refractivity contribution in [3.05, 3.63) is 108 Å². The van der Waals surface area contributed by atoms with Gasteiger partial charge in [0.1, 0.15) is 5.65 Å². The molecule has 2 amide bonds. The summed E-state index contributed by atoms with van der Waals surface area (Å²) in [6.07, 6.45) is 3.99. The van der Waals surface area contributed by atoms with Gasteiger partial charge >= 0.3 is 6.03 Å². The highest BCUT2D eigenvalue weighted by Gasteiger charge is 2.25. The molecule has 6 heteroatoms. The summed E-state index contributed by atoms with van der Waals surface area (Å²) in [5, 5.41) is 3.26. The smallest absolute Gasteiger partial charge is 0.318 e. The lowest BCUT2D eigenvalue weighted by atomic mass is 9.99. The molecule has 6 nitrogen and oxygen atoms in total. The number of piperazine rings is 1. The highest BCUT2D eigenvalue weighted by molar-refractivity contribution is 5.75. The number of imidazole rings is 1. The fourth-order valence-corrected chi connectivity index (χ4v) is 4.31. The van der Waals surface area contributed by atoms with Crippen LogP contribution in [0.25, 0.3) is 5.65 Å². The second-order valence-corrected chi connectivity index (χ2v) is 8.15. The lowest BCUT2D eigenvalue weighted by Crippen LogP contribution is -2.52. The average Bonchev–Trinajstić information content (AvgIpc) is 3.27. The number of hydrogen-bond donors (Lipinski definition) is 1. The van der Waals surface area contributed by atoms with Crippen molar-refractivity contribution in [2.45, 2.75) is 12.6 Å². The molecule has 0 aliphatic carbocycles. The molecule has 32 heavy (non-hydrogen) atoms. The molecule has 0 unspecified atom stereocenters. The Morgan fingerprint density at radius 2 is 1.47 bits per heavy atom. The van der Waals surface area contributed by atoms with Gasteiger partial charge in [0.05, 0.1) is 17.9 Å². The monoisotopic (exact) mass is 425 g/mol. The molecule has 1 saturated heterocycles. The minimum absolute atomic E-state index is 0.0165. The van der Waals surface area contributed by atoms with Gasteiger partial charge in [-0.3, -0.25) is 4.90 Å². The van der Waals surface area contributed by atoms with Crippen molar-refractivity contribution in [3.8, 4) is 0 Å². The van der Waals surface area contributed by atoms with Crippen molar-refractivity contribution >= 4 is 11.7 Å². The van der Waals surface area contributed by atoms with E-state index in [0.29, 0.717) is 13.1 Å². The molecule has 162 valence electrons. The molecule has 1 fully saturated rings. The Morgan fingerprint density at radius 1 is 0.844 bits per heavy atom. The van der Waals surface area contributed by atoms with Gasteiger partial charge in [0.2, 0.25) is 0 Å². The van der Waals surface area contributed by atoms with Crippen LogP contribution in [0.2, 0.25) is 0 Å². The minimum atomic E-state index is -0.166. The van der Waals surface area contributed by atoms with E-state index in [1.165, 1.54) is 5.69 Å². The number of rotatable bonds is 5. The van der Waals surface area contributed by atoms with Crippen molar-refractivity contribution < 1.29 is 4.79 Å². The standard InChI is InChI=1S/C26H27N5O/c32-26(28-25(21-9-3-1-4-10-21)22-11-5-2-6-12-22)30-17-15-29(16-18-30)20-23-19-27-24-13-7-8-14-31(23)24/h1-14,19,25H,15-18,20H2,(H,28,32). The summed E-state index contributed by atoms with van der Waals surface area (Å²) in [6, 6.07) is 26.1. The van der Waals surface area contributed by atoms with E-state index in [2.05, 4.69) is 50.1 Å². The lowest BCUT2D eigenvalue weighted by molar-refractivity contribution is 0.133. The predicted octanol–water partition coefficient (Wildman–Crippen LogP) is 3.95. The topological polar surface area (TPSA) is 52.9 Å². The zero-order valence-electron chi connectivity index (χ0n) is 18.0. The van der Waals surface area contributed by atoms with Crippen molar-refractivity contribution in [2.75, 3.05) is 26.2 Å². The zero-order chi connectivity index (χ0) is 21.8. The second-order valence-electron chi connectivity index (χ2n) is 8.15. The first-order chi connectivity index (χ1) is 15.8. The van der Waals surface area contributed by atoms with Gasteiger partial charge in [-0.15, -0.1) is 0 Å². The molecule has 5 rings (SSSR count). The first-order valence-electron chi connectivity index (χ1n) is 11.1. The fourth-order valence-electron chi connectivity index (χ4n) is 4.31. The molecular weight excluding hydrogens is 398 g/mol. The van der Waals surface area contributed by atoms with Gasteiger partial charge in [0.15, 0.2) is 0 Å². The van der Waals surface area contributed by atoms with Crippen LogP contribution in [0.3, 0.4) is 0 Å². The van der Waals surface area contributed by atoms with Crippen molar-refractivity contribution in [3.63, 3.8) is 0 Å². The number of hydrogen-bond acceptors (Lipinski definition) is 3. The summed E-state index contributed by atoms with van der Waals surface area (Å²) in [6.45, 7) is 3.93. The number of benzene rings is 2. The quantitative estimate of drug-likeness (QED) is 0.527. The third kappa shape index (κ3) is 4.36. The molecular formula is C26H27N5O. The average molecular weight is 426 g/mol. The van der Waals surface area contributed by atoms with Gasteiger partial charge in [0, 0.05) is 38.9 Å². The highest BCUT2D eigenvalue weighted by Crippen LogP contribution is 2.22. The van der Waals surface area contributed by atoms with Crippen LogP contribution in [-0.4, -0.2) is 51.4 Å². The Bertz CT molecular complexity index is 1130. The maximum atomic E-state index is 13.1. The molecule has 1 N–H and O–H groups in total. The van der Waals surface area contributed by atoms with E-state index in [-0.39, 0.29) is 12.1 Å². The van der Waals surface area contributed by atoms with Gasteiger partial charge < -0.3 is 14.6 Å². The maximum absolute atomic E-state index is 13.1. The molecule has 4 aromatic rings. The molecule has 1 aliphatic rings. The van der Waals surface area contributed by atoms with E-state index in [0.717, 1.165) is 36.4 Å². The SMILES string of the molecule is O=C(NC(c1ccccc1)c1ccccc1)N1CCN(Cc2cnc3ccccn23)CC1. The number of fused-ring (bicyclic) bond motifs is 1. The van der Waals surface area contributed by atoms with Crippen LogP contribution >= 0.6 is 0 Å². The molecule has 0 radical (unpaired) electrons. The number of carbonyl (C=O) groups is 1. The van der Waals surface area contributed by atoms with E-state index in [1.807, 2.05) is 65.7 Å². The van der Waals surface area contributed by atoms with Crippen LogP contribution in [0.4, 0.5) is 4.79 Å². The Labute approximate surface area is 188 Å². The first kappa shape index (κ1) is 20.3. The Kier molecular flexibility index (Phi) is 5.85. The molecule has 1 aliphatic heterocycles. The van der Waals surface area contributed by atoms with Crippen molar-refractivity contribution in [1.29, 1.82) is 0 Å². The number of aromatic nitrogens is 2. The lowest BCUT2D eigenvalue weighted by Gasteiger charge is -2.35. The van der Waals surface area contributed by atoms with Gasteiger partial charge in [0.25, 0.3) is 0 Å². The van der Waals surface area contributed by atoms with Crippen LogP contribution < -0.4 is 5.32 Å². The second kappa shape index (κ2) is 9.24. The minimum Gasteiger partial charge on any atom is -0.327 e. The Balaban J connectivity index is 1.22. The summed E-state index contributed by atoms with van der Waals surface area (Å²) in [4.78, 5) is 21.9. The summed E-state index contributed by atoms with van der Waals surface area (Å²) in [7, 11) is 0. The van der Waals surface area contributed by atoms with E-state index < -0.39 is 0 Å². The largest absolute Gasteiger partial charge is 0.327 e. The summed E-state index contributed by atoms with van der Waals surface area (Å²) in [5.74, 6) is 0. The van der Waals surface area contributed by atoms with Crippen LogP contribution in [-0.2, 0) is 6.54 Å². The molecule has 0 atom stereocenters. The summed E-state index contributed by atoms with van der Waals surface area (Å²) >= 11 is 0. The van der Waals surface area contributed by atoms with Gasteiger partial charge in [-0.25, -0.2) is 9.78 Å². The number of urea groups is 1. The summed E-state index contributed by atoms with van der Waals surface area (Å²) in [5.41, 5.74) is 4.30. The number of carbonyl (C=O) groups excluding carboxylic acids is 1. The Morgan fingerprint density at radius 3 is 2.12 bits per heavy atom. The molecule has 3 heterocycles. The van der Waals surface area contributed by atoms with Gasteiger partial charge in [-0.05, 0) is 23.3 Å². The number of pyridine rings is 1. The van der Waals surface area contributed by atoms with Gasteiger partial charge in [-0.1, -0.05) is 66.7 Å². The van der Waals surface area contributed by atoms with Crippen molar-refractivity contribution in [1.82, 2.24) is 24.5 Å². The van der Waals surface area contributed by atoms with E-state index >= 15 is 0 Å². The number of amides is 2. The van der Waals surface area contributed by atoms with Crippen LogP contribution in [0.1, 0.15) is 22.9 Å².